The number of rotatable bonds is 4. The Balaban J connectivity index is 1.47. The summed E-state index contributed by atoms with van der Waals surface area (Å²) in [7, 11) is -3.35. The Morgan fingerprint density at radius 2 is 1.83 bits per heavy atom. The molecule has 0 spiro atoms. The van der Waals surface area contributed by atoms with E-state index in [-0.39, 0.29) is 19.7 Å². The van der Waals surface area contributed by atoms with Gasteiger partial charge in [-0.25, -0.2) is 13.2 Å². The van der Waals surface area contributed by atoms with E-state index in [2.05, 4.69) is 0 Å². The molecule has 0 radical (unpaired) electrons. The van der Waals surface area contributed by atoms with E-state index in [0.29, 0.717) is 26.3 Å². The number of ether oxygens (including phenoxy) is 2. The summed E-state index contributed by atoms with van der Waals surface area (Å²) in [5.74, 6) is 0. The number of hydrogen-bond acceptors (Lipinski definition) is 5. The minimum absolute atomic E-state index is 0.188. The number of carbonyl (C=O) groups is 1. The predicted molar refractivity (Wildman–Crippen MR) is 83.3 cm³/mol. The summed E-state index contributed by atoms with van der Waals surface area (Å²) in [4.78, 5) is 13.3. The van der Waals surface area contributed by atoms with Gasteiger partial charge in [0.25, 0.3) is 0 Å². The Bertz CT molecular complexity index is 637. The fraction of sp³-hybridized carbons (Fsp3) is 0.533. The molecule has 7 nitrogen and oxygen atoms in total. The molecule has 8 heteroatoms. The summed E-state index contributed by atoms with van der Waals surface area (Å²) < 4.78 is 36.6. The zero-order valence-electron chi connectivity index (χ0n) is 12.8. The van der Waals surface area contributed by atoms with Crippen LogP contribution in [0.15, 0.2) is 30.3 Å². The third-order valence-corrected chi connectivity index (χ3v) is 6.29. The third-order valence-electron chi connectivity index (χ3n) is 4.06. The van der Waals surface area contributed by atoms with E-state index >= 15 is 0 Å². The lowest BCUT2D eigenvalue weighted by Gasteiger charge is -2.40. The maximum Gasteiger partial charge on any atom is 0.410 e. The van der Waals surface area contributed by atoms with E-state index in [1.54, 1.807) is 0 Å². The van der Waals surface area contributed by atoms with Gasteiger partial charge in [-0.2, -0.15) is 4.31 Å². The molecule has 2 aliphatic heterocycles. The van der Waals surface area contributed by atoms with Gasteiger partial charge in [0.05, 0.1) is 13.2 Å². The monoisotopic (exact) mass is 340 g/mol. The van der Waals surface area contributed by atoms with Gasteiger partial charge in [-0.05, 0) is 5.56 Å². The maximum atomic E-state index is 12.4. The Morgan fingerprint density at radius 3 is 2.48 bits per heavy atom. The van der Waals surface area contributed by atoms with Crippen molar-refractivity contribution >= 4 is 16.1 Å². The summed E-state index contributed by atoms with van der Waals surface area (Å²) in [6, 6.07) is 9.38. The van der Waals surface area contributed by atoms with Crippen LogP contribution in [-0.4, -0.2) is 68.4 Å². The molecule has 0 N–H and O–H groups in total. The number of amides is 1. The van der Waals surface area contributed by atoms with Crippen molar-refractivity contribution in [3.05, 3.63) is 35.9 Å². The molecule has 0 bridgehead atoms. The van der Waals surface area contributed by atoms with Crippen molar-refractivity contribution in [2.24, 2.45) is 0 Å². The van der Waals surface area contributed by atoms with Gasteiger partial charge < -0.3 is 14.4 Å². The SMILES string of the molecule is O=C(OCc1ccccc1)N1CC(S(=O)(=O)N2CCOCC2)C1. The Morgan fingerprint density at radius 1 is 1.17 bits per heavy atom. The van der Waals surface area contributed by atoms with Crippen molar-refractivity contribution in [3.8, 4) is 0 Å². The topological polar surface area (TPSA) is 76.2 Å². The molecule has 1 amide bonds. The summed E-state index contributed by atoms with van der Waals surface area (Å²) >= 11 is 0. The van der Waals surface area contributed by atoms with Crippen LogP contribution in [0.5, 0.6) is 0 Å². The van der Waals surface area contributed by atoms with E-state index in [1.807, 2.05) is 30.3 Å². The average Bonchev–Trinajstić information content (AvgIpc) is 2.53. The number of benzene rings is 1. The predicted octanol–water partition coefficient (Wildman–Crippen LogP) is 0.669. The lowest BCUT2D eigenvalue weighted by molar-refractivity contribution is 0.0653. The van der Waals surface area contributed by atoms with E-state index in [0.717, 1.165) is 5.56 Å². The molecule has 2 heterocycles. The average molecular weight is 340 g/mol. The molecule has 1 aromatic rings. The van der Waals surface area contributed by atoms with Crippen LogP contribution in [0.2, 0.25) is 0 Å². The van der Waals surface area contributed by atoms with Gasteiger partial charge in [0.1, 0.15) is 11.9 Å². The highest BCUT2D eigenvalue weighted by Gasteiger charge is 2.43. The van der Waals surface area contributed by atoms with Crippen molar-refractivity contribution in [1.29, 1.82) is 0 Å². The maximum absolute atomic E-state index is 12.4. The molecule has 1 aromatic carbocycles. The summed E-state index contributed by atoms with van der Waals surface area (Å²) in [6.45, 7) is 2.19. The van der Waals surface area contributed by atoms with Gasteiger partial charge in [0.2, 0.25) is 10.0 Å². The van der Waals surface area contributed by atoms with E-state index in [1.165, 1.54) is 9.21 Å². The molecular weight excluding hydrogens is 320 g/mol. The molecule has 3 rings (SSSR count). The zero-order valence-corrected chi connectivity index (χ0v) is 13.6. The highest BCUT2D eigenvalue weighted by Crippen LogP contribution is 2.22. The van der Waals surface area contributed by atoms with E-state index in [9.17, 15) is 13.2 Å². The minimum Gasteiger partial charge on any atom is -0.445 e. The third kappa shape index (κ3) is 3.65. The molecule has 2 fully saturated rings. The largest absolute Gasteiger partial charge is 0.445 e. The van der Waals surface area contributed by atoms with Crippen molar-refractivity contribution in [3.63, 3.8) is 0 Å². The molecular formula is C15H20N2O5S. The number of sulfonamides is 1. The molecule has 0 aliphatic carbocycles. The fourth-order valence-electron chi connectivity index (χ4n) is 2.60. The van der Waals surface area contributed by atoms with Crippen LogP contribution in [0.1, 0.15) is 5.56 Å². The van der Waals surface area contributed by atoms with Gasteiger partial charge in [0, 0.05) is 26.2 Å². The Kier molecular flexibility index (Phi) is 4.84. The second-order valence-corrected chi connectivity index (χ2v) is 7.84. The number of nitrogens with zero attached hydrogens (tertiary/aromatic N) is 2. The molecule has 0 atom stereocenters. The van der Waals surface area contributed by atoms with Crippen LogP contribution in [0.25, 0.3) is 0 Å². The fourth-order valence-corrected chi connectivity index (χ4v) is 4.41. The highest BCUT2D eigenvalue weighted by molar-refractivity contribution is 7.89. The molecule has 0 aromatic heterocycles. The standard InChI is InChI=1S/C15H20N2O5S/c18-15(22-12-13-4-2-1-3-5-13)16-10-14(11-16)23(19,20)17-6-8-21-9-7-17/h1-5,14H,6-12H2. The first kappa shape index (κ1) is 16.2. The van der Waals surface area contributed by atoms with E-state index < -0.39 is 21.4 Å². The lowest BCUT2D eigenvalue weighted by atomic mass is 10.2. The van der Waals surface area contributed by atoms with E-state index in [4.69, 9.17) is 9.47 Å². The quantitative estimate of drug-likeness (QED) is 0.805. The van der Waals surface area contributed by atoms with Crippen LogP contribution >= 0.6 is 0 Å². The zero-order chi connectivity index (χ0) is 16.3. The van der Waals surface area contributed by atoms with Crippen molar-refractivity contribution in [2.75, 3.05) is 39.4 Å². The van der Waals surface area contributed by atoms with Crippen LogP contribution in [0.4, 0.5) is 4.79 Å². The van der Waals surface area contributed by atoms with Gasteiger partial charge >= 0.3 is 6.09 Å². The van der Waals surface area contributed by atoms with Crippen molar-refractivity contribution < 1.29 is 22.7 Å². The van der Waals surface area contributed by atoms with Gasteiger partial charge in [-0.15, -0.1) is 0 Å². The molecule has 126 valence electrons. The van der Waals surface area contributed by atoms with Crippen molar-refractivity contribution in [1.82, 2.24) is 9.21 Å². The molecule has 0 unspecified atom stereocenters. The molecule has 2 saturated heterocycles. The first-order chi connectivity index (χ1) is 11.1. The molecule has 0 saturated carbocycles. The van der Waals surface area contributed by atoms with Gasteiger partial charge in [-0.3, -0.25) is 0 Å². The van der Waals surface area contributed by atoms with Gasteiger partial charge in [0.15, 0.2) is 0 Å². The summed E-state index contributed by atoms with van der Waals surface area (Å²) in [5.41, 5.74) is 0.902. The number of hydrogen-bond donors (Lipinski definition) is 0. The number of morpholine rings is 1. The highest BCUT2D eigenvalue weighted by atomic mass is 32.2. The number of carbonyl (C=O) groups excluding carboxylic acids is 1. The van der Waals surface area contributed by atoms with Crippen LogP contribution < -0.4 is 0 Å². The smallest absolute Gasteiger partial charge is 0.410 e. The minimum atomic E-state index is -3.35. The van der Waals surface area contributed by atoms with Crippen LogP contribution in [0.3, 0.4) is 0 Å². The van der Waals surface area contributed by atoms with Crippen molar-refractivity contribution in [2.45, 2.75) is 11.9 Å². The first-order valence-electron chi connectivity index (χ1n) is 7.60. The summed E-state index contributed by atoms with van der Waals surface area (Å²) in [5, 5.41) is -0.537. The van der Waals surface area contributed by atoms with Gasteiger partial charge in [-0.1, -0.05) is 30.3 Å². The summed E-state index contributed by atoms with van der Waals surface area (Å²) in [6.07, 6.45) is -0.470. The second-order valence-electron chi connectivity index (χ2n) is 5.62. The lowest BCUT2D eigenvalue weighted by Crippen LogP contribution is -2.61. The Hall–Kier alpha value is -1.64. The van der Waals surface area contributed by atoms with Crippen LogP contribution in [0, 0.1) is 0 Å². The second kappa shape index (κ2) is 6.86. The van der Waals surface area contributed by atoms with Crippen LogP contribution in [-0.2, 0) is 26.1 Å². The molecule has 2 aliphatic rings. The molecule has 23 heavy (non-hydrogen) atoms. The normalized spacial score (nSPS) is 20.1. The first-order valence-corrected chi connectivity index (χ1v) is 9.10. The Labute approximate surface area is 135 Å². The number of likely N-dealkylation sites (tertiary alicyclic amines) is 1.